The maximum absolute atomic E-state index is 12.2. The Morgan fingerprint density at radius 1 is 1.23 bits per heavy atom. The van der Waals surface area contributed by atoms with Crippen molar-refractivity contribution in [3.05, 3.63) is 40.8 Å². The Hall–Kier alpha value is -2.11. The van der Waals surface area contributed by atoms with Crippen molar-refractivity contribution in [1.82, 2.24) is 0 Å². The van der Waals surface area contributed by atoms with Crippen molar-refractivity contribution in [2.45, 2.75) is 65.4 Å². The van der Waals surface area contributed by atoms with Crippen LogP contribution in [0.1, 0.15) is 59.3 Å². The number of nitro benzene ring substituents is 1. The van der Waals surface area contributed by atoms with Gasteiger partial charge in [-0.3, -0.25) is 10.1 Å². The van der Waals surface area contributed by atoms with Gasteiger partial charge in [-0.1, -0.05) is 52.9 Å². The topological polar surface area (TPSA) is 78.7 Å². The maximum Gasteiger partial charge on any atom is 0.514 e. The molecule has 2 rings (SSSR count). The summed E-state index contributed by atoms with van der Waals surface area (Å²) in [5.74, 6) is 0.798. The molecule has 1 aromatic rings. The summed E-state index contributed by atoms with van der Waals surface area (Å²) in [7, 11) is 0. The summed E-state index contributed by atoms with van der Waals surface area (Å²) in [4.78, 5) is 22.3. The third-order valence-corrected chi connectivity index (χ3v) is 4.47. The van der Waals surface area contributed by atoms with E-state index in [9.17, 15) is 14.9 Å². The van der Waals surface area contributed by atoms with Crippen molar-refractivity contribution in [2.24, 2.45) is 11.3 Å². The monoisotopic (exact) mass is 362 g/mol. The Labute approximate surface area is 155 Å². The van der Waals surface area contributed by atoms with Crippen LogP contribution in [-0.2, 0) is 4.74 Å². The van der Waals surface area contributed by atoms with Crippen LogP contribution in [0.5, 0.6) is 5.75 Å². The summed E-state index contributed by atoms with van der Waals surface area (Å²) in [6.07, 6.45) is 7.90. The Morgan fingerprint density at radius 2 is 1.85 bits per heavy atom. The Morgan fingerprint density at radius 3 is 2.38 bits per heavy atom. The molecule has 1 aromatic carbocycles. The molecule has 26 heavy (non-hydrogen) atoms. The SMILES string of the molecule is CC(C)(C)[CH]C(CC1CCCCC1)OC(=O)Oc1ccc([N+](=O)[O-])cc1. The zero-order valence-electron chi connectivity index (χ0n) is 15.8. The van der Waals surface area contributed by atoms with E-state index in [0.717, 1.165) is 6.42 Å². The minimum Gasteiger partial charge on any atom is -0.430 e. The lowest BCUT2D eigenvalue weighted by molar-refractivity contribution is -0.384. The number of benzene rings is 1. The molecule has 6 nitrogen and oxygen atoms in total. The second kappa shape index (κ2) is 9.01. The molecule has 1 unspecified atom stereocenters. The quantitative estimate of drug-likeness (QED) is 0.281. The van der Waals surface area contributed by atoms with E-state index in [1.165, 1.54) is 56.4 Å². The third kappa shape index (κ3) is 7.02. The second-order valence-corrected chi connectivity index (χ2v) is 8.03. The summed E-state index contributed by atoms with van der Waals surface area (Å²) < 4.78 is 10.7. The summed E-state index contributed by atoms with van der Waals surface area (Å²) >= 11 is 0. The molecule has 0 N–H and O–H groups in total. The van der Waals surface area contributed by atoms with E-state index >= 15 is 0 Å². The van der Waals surface area contributed by atoms with Crippen LogP contribution in [0.4, 0.5) is 10.5 Å². The van der Waals surface area contributed by atoms with Gasteiger partial charge in [0.2, 0.25) is 0 Å². The van der Waals surface area contributed by atoms with Gasteiger partial charge in [0.05, 0.1) is 4.92 Å². The fourth-order valence-corrected chi connectivity index (χ4v) is 3.34. The van der Waals surface area contributed by atoms with Gasteiger partial charge in [-0.25, -0.2) is 4.79 Å². The van der Waals surface area contributed by atoms with Gasteiger partial charge in [-0.05, 0) is 29.9 Å². The van der Waals surface area contributed by atoms with Gasteiger partial charge >= 0.3 is 6.16 Å². The van der Waals surface area contributed by atoms with E-state index < -0.39 is 11.1 Å². The van der Waals surface area contributed by atoms with E-state index in [4.69, 9.17) is 9.47 Å². The molecule has 0 bridgehead atoms. The number of carbonyl (C=O) groups is 1. The van der Waals surface area contributed by atoms with Gasteiger partial charge in [0, 0.05) is 18.6 Å². The highest BCUT2D eigenvalue weighted by atomic mass is 16.7. The first-order chi connectivity index (χ1) is 12.2. The molecule has 0 aliphatic heterocycles. The molecule has 1 atom stereocenters. The van der Waals surface area contributed by atoms with E-state index in [-0.39, 0.29) is 23.0 Å². The zero-order valence-corrected chi connectivity index (χ0v) is 15.8. The van der Waals surface area contributed by atoms with Gasteiger partial charge in [-0.2, -0.15) is 0 Å². The number of ether oxygens (including phenoxy) is 2. The number of non-ortho nitro benzene ring substituents is 1. The lowest BCUT2D eigenvalue weighted by Crippen LogP contribution is -2.29. The highest BCUT2D eigenvalue weighted by Crippen LogP contribution is 2.32. The highest BCUT2D eigenvalue weighted by Gasteiger charge is 2.27. The molecule has 6 heteroatoms. The van der Waals surface area contributed by atoms with E-state index in [2.05, 4.69) is 27.2 Å². The molecule has 1 fully saturated rings. The lowest BCUT2D eigenvalue weighted by Gasteiger charge is -2.29. The first-order valence-corrected chi connectivity index (χ1v) is 9.22. The molecule has 1 saturated carbocycles. The number of hydrogen-bond donors (Lipinski definition) is 0. The number of carbonyl (C=O) groups excluding carboxylic acids is 1. The minimum atomic E-state index is -0.778. The summed E-state index contributed by atoms with van der Waals surface area (Å²) in [6.45, 7) is 6.23. The molecule has 0 spiro atoms. The minimum absolute atomic E-state index is 0.0537. The zero-order chi connectivity index (χ0) is 19.2. The normalized spacial score (nSPS) is 16.7. The molecular formula is C20H28NO5. The van der Waals surface area contributed by atoms with Crippen molar-refractivity contribution < 1.29 is 19.2 Å². The van der Waals surface area contributed by atoms with Crippen LogP contribution in [0.15, 0.2) is 24.3 Å². The summed E-state index contributed by atoms with van der Waals surface area (Å²) in [6, 6.07) is 5.37. The van der Waals surface area contributed by atoms with Crippen LogP contribution in [0.25, 0.3) is 0 Å². The number of hydrogen-bond acceptors (Lipinski definition) is 5. The van der Waals surface area contributed by atoms with Crippen LogP contribution in [0.2, 0.25) is 0 Å². The summed E-state index contributed by atoms with van der Waals surface area (Å²) in [5, 5.41) is 10.7. The maximum atomic E-state index is 12.2. The molecule has 0 aromatic heterocycles. The van der Waals surface area contributed by atoms with Crippen molar-refractivity contribution in [3.63, 3.8) is 0 Å². The van der Waals surface area contributed by atoms with Crippen LogP contribution in [0, 0.1) is 27.9 Å². The van der Waals surface area contributed by atoms with Gasteiger partial charge in [0.15, 0.2) is 0 Å². The number of nitro groups is 1. The fraction of sp³-hybridized carbons (Fsp3) is 0.600. The van der Waals surface area contributed by atoms with Crippen LogP contribution in [-0.4, -0.2) is 17.2 Å². The van der Waals surface area contributed by atoms with Crippen LogP contribution < -0.4 is 4.74 Å². The lowest BCUT2D eigenvalue weighted by atomic mass is 9.81. The Balaban J connectivity index is 1.94. The second-order valence-electron chi connectivity index (χ2n) is 8.03. The molecule has 1 aliphatic rings. The van der Waals surface area contributed by atoms with Gasteiger partial charge in [0.25, 0.3) is 5.69 Å². The fourth-order valence-electron chi connectivity index (χ4n) is 3.34. The molecule has 1 aliphatic carbocycles. The standard InChI is InChI=1S/C20H28NO5/c1-20(2,3)14-18(13-15-7-5-4-6-8-15)26-19(22)25-17-11-9-16(10-12-17)21(23)24/h9-12,14-15,18H,4-8,13H2,1-3H3. The molecular weight excluding hydrogens is 334 g/mol. The molecule has 1 radical (unpaired) electrons. The van der Waals surface area contributed by atoms with E-state index in [1.54, 1.807) is 0 Å². The Kier molecular flexibility index (Phi) is 7.00. The average Bonchev–Trinajstić information content (AvgIpc) is 2.54. The van der Waals surface area contributed by atoms with E-state index in [1.807, 2.05) is 0 Å². The molecule has 143 valence electrons. The molecule has 0 amide bonds. The van der Waals surface area contributed by atoms with Gasteiger partial charge in [-0.15, -0.1) is 0 Å². The predicted octanol–water partition coefficient (Wildman–Crippen LogP) is 5.70. The first kappa shape index (κ1) is 20.2. The van der Waals surface area contributed by atoms with Crippen molar-refractivity contribution in [1.29, 1.82) is 0 Å². The van der Waals surface area contributed by atoms with Crippen molar-refractivity contribution >= 4 is 11.8 Å². The highest BCUT2D eigenvalue weighted by molar-refractivity contribution is 5.64. The largest absolute Gasteiger partial charge is 0.514 e. The molecule has 0 saturated heterocycles. The Bertz CT molecular complexity index is 600. The van der Waals surface area contributed by atoms with Crippen molar-refractivity contribution in [3.8, 4) is 5.75 Å². The molecule has 0 heterocycles. The average molecular weight is 362 g/mol. The predicted molar refractivity (Wildman–Crippen MR) is 98.9 cm³/mol. The van der Waals surface area contributed by atoms with E-state index in [0.29, 0.717) is 5.92 Å². The summed E-state index contributed by atoms with van der Waals surface area (Å²) in [5.41, 5.74) is -0.130. The third-order valence-electron chi connectivity index (χ3n) is 4.47. The van der Waals surface area contributed by atoms with Crippen molar-refractivity contribution in [2.75, 3.05) is 0 Å². The smallest absolute Gasteiger partial charge is 0.430 e. The van der Waals surface area contributed by atoms with Gasteiger partial charge < -0.3 is 9.47 Å². The van der Waals surface area contributed by atoms with Crippen LogP contribution >= 0.6 is 0 Å². The van der Waals surface area contributed by atoms with Gasteiger partial charge in [0.1, 0.15) is 11.9 Å². The number of nitrogens with zero attached hydrogens (tertiary/aromatic N) is 1. The van der Waals surface area contributed by atoms with Crippen LogP contribution in [0.3, 0.4) is 0 Å². The first-order valence-electron chi connectivity index (χ1n) is 9.22. The number of rotatable bonds is 6.